The average Bonchev–Trinajstić information content (AvgIpc) is 3.60. The van der Waals surface area contributed by atoms with Crippen molar-refractivity contribution >= 4 is 23.9 Å². The van der Waals surface area contributed by atoms with Crippen molar-refractivity contribution in [3.05, 3.63) is 48.0 Å². The van der Waals surface area contributed by atoms with Gasteiger partial charge in [-0.05, 0) is 42.8 Å². The van der Waals surface area contributed by atoms with Gasteiger partial charge >= 0.3 is 5.97 Å². The topological polar surface area (TPSA) is 124 Å². The van der Waals surface area contributed by atoms with E-state index in [1.165, 1.54) is 18.2 Å². The second-order valence-electron chi connectivity index (χ2n) is 6.79. The first-order valence-electron chi connectivity index (χ1n) is 9.74. The lowest BCUT2D eigenvalue weighted by Gasteiger charge is -2.10. The molecule has 0 aliphatic carbocycles. The van der Waals surface area contributed by atoms with Crippen molar-refractivity contribution in [2.24, 2.45) is 0 Å². The fourth-order valence-electron chi connectivity index (χ4n) is 2.52. The van der Waals surface area contributed by atoms with Crippen LogP contribution in [0.15, 0.2) is 42.5 Å². The average molecular weight is 429 g/mol. The Balaban J connectivity index is 1.33. The van der Waals surface area contributed by atoms with Crippen molar-refractivity contribution in [1.29, 1.82) is 0 Å². The summed E-state index contributed by atoms with van der Waals surface area (Å²) in [5.41, 5.74) is 0.702. The number of phenolic OH excluding ortho intramolecular Hbond substituents is 1. The molecule has 1 aliphatic rings. The van der Waals surface area contributed by atoms with Crippen LogP contribution >= 0.6 is 0 Å². The second-order valence-corrected chi connectivity index (χ2v) is 6.79. The number of carbonyl (C=O) groups excluding carboxylic acids is 3. The highest BCUT2D eigenvalue weighted by atomic mass is 16.6. The number of hydrogen-bond donors (Lipinski definition) is 2. The first-order chi connectivity index (χ1) is 15.0. The lowest BCUT2D eigenvalue weighted by atomic mass is 10.2. The summed E-state index contributed by atoms with van der Waals surface area (Å²) >= 11 is 0. The second kappa shape index (κ2) is 11.0. The molecule has 164 valence electrons. The molecular formula is C22H23NO8. The standard InChI is InChI=1S/C22H23NO8/c24-11-15-3-6-18(10-20(15)25)30-14-21(26)23-16-4-7-17(8-5-16)28-9-1-2-22(27)31-13-19-12-29-19/h3-8,10-11,19,25H,1-2,9,12-14H2,(H,23,26). The molecule has 2 aromatic rings. The van der Waals surface area contributed by atoms with Crippen LogP contribution in [0.5, 0.6) is 17.2 Å². The summed E-state index contributed by atoms with van der Waals surface area (Å²) < 4.78 is 20.9. The number of carbonyl (C=O) groups is 3. The van der Waals surface area contributed by atoms with Crippen molar-refractivity contribution in [2.75, 3.05) is 31.7 Å². The van der Waals surface area contributed by atoms with E-state index in [0.717, 1.165) is 0 Å². The normalized spacial score (nSPS) is 14.4. The Labute approximate surface area is 178 Å². The van der Waals surface area contributed by atoms with E-state index in [4.69, 9.17) is 18.9 Å². The molecular weight excluding hydrogens is 406 g/mol. The lowest BCUT2D eigenvalue weighted by Crippen LogP contribution is -2.20. The summed E-state index contributed by atoms with van der Waals surface area (Å²) in [6.45, 7) is 1.07. The van der Waals surface area contributed by atoms with Gasteiger partial charge in [-0.15, -0.1) is 0 Å². The van der Waals surface area contributed by atoms with Gasteiger partial charge in [0.05, 0.1) is 18.8 Å². The smallest absolute Gasteiger partial charge is 0.306 e. The number of amides is 1. The Morgan fingerprint density at radius 3 is 2.55 bits per heavy atom. The zero-order valence-corrected chi connectivity index (χ0v) is 16.7. The fraction of sp³-hybridized carbons (Fsp3) is 0.318. The quantitative estimate of drug-likeness (QED) is 0.228. The zero-order chi connectivity index (χ0) is 22.1. The number of phenols is 1. The minimum Gasteiger partial charge on any atom is -0.507 e. The van der Waals surface area contributed by atoms with E-state index in [9.17, 15) is 19.5 Å². The van der Waals surface area contributed by atoms with Gasteiger partial charge in [-0.3, -0.25) is 14.4 Å². The van der Waals surface area contributed by atoms with Crippen LogP contribution in [-0.4, -0.2) is 55.8 Å². The fourth-order valence-corrected chi connectivity index (χ4v) is 2.52. The minimum atomic E-state index is -0.386. The Morgan fingerprint density at radius 2 is 1.87 bits per heavy atom. The van der Waals surface area contributed by atoms with Gasteiger partial charge in [0.25, 0.3) is 5.91 Å². The predicted molar refractivity (Wildman–Crippen MR) is 109 cm³/mol. The summed E-state index contributed by atoms with van der Waals surface area (Å²) in [4.78, 5) is 34.2. The molecule has 1 aliphatic heterocycles. The monoisotopic (exact) mass is 429 g/mol. The van der Waals surface area contributed by atoms with Crippen molar-refractivity contribution in [1.82, 2.24) is 0 Å². The van der Waals surface area contributed by atoms with Crippen molar-refractivity contribution in [3.63, 3.8) is 0 Å². The molecule has 1 amide bonds. The van der Waals surface area contributed by atoms with Crippen LogP contribution < -0.4 is 14.8 Å². The van der Waals surface area contributed by atoms with E-state index in [2.05, 4.69) is 5.32 Å². The summed E-state index contributed by atoms with van der Waals surface area (Å²) in [5, 5.41) is 12.3. The van der Waals surface area contributed by atoms with Gasteiger partial charge in [-0.2, -0.15) is 0 Å². The molecule has 9 nitrogen and oxygen atoms in total. The van der Waals surface area contributed by atoms with Crippen LogP contribution in [0.25, 0.3) is 0 Å². The molecule has 0 bridgehead atoms. The van der Waals surface area contributed by atoms with Gasteiger partial charge < -0.3 is 29.4 Å². The van der Waals surface area contributed by atoms with E-state index in [-0.39, 0.29) is 48.1 Å². The Bertz CT molecular complexity index is 908. The molecule has 2 N–H and O–H groups in total. The highest BCUT2D eigenvalue weighted by molar-refractivity contribution is 5.92. The molecule has 1 heterocycles. The predicted octanol–water partition coefficient (Wildman–Crippen LogP) is 2.32. The lowest BCUT2D eigenvalue weighted by molar-refractivity contribution is -0.144. The molecule has 9 heteroatoms. The number of ether oxygens (including phenoxy) is 4. The number of aldehydes is 1. The highest BCUT2D eigenvalue weighted by Crippen LogP contribution is 2.22. The number of aromatic hydroxyl groups is 1. The van der Waals surface area contributed by atoms with E-state index in [1.54, 1.807) is 24.3 Å². The minimum absolute atomic E-state index is 0.0640. The summed E-state index contributed by atoms with van der Waals surface area (Å²) in [6.07, 6.45) is 1.40. The third-order valence-corrected chi connectivity index (χ3v) is 4.26. The van der Waals surface area contributed by atoms with Crippen LogP contribution in [0.4, 0.5) is 5.69 Å². The van der Waals surface area contributed by atoms with E-state index >= 15 is 0 Å². The Morgan fingerprint density at radius 1 is 1.13 bits per heavy atom. The summed E-state index contributed by atoms with van der Waals surface area (Å²) in [7, 11) is 0. The molecule has 1 fully saturated rings. The number of esters is 1. The number of hydrogen-bond acceptors (Lipinski definition) is 8. The van der Waals surface area contributed by atoms with Gasteiger partial charge in [0.15, 0.2) is 12.9 Å². The highest BCUT2D eigenvalue weighted by Gasteiger charge is 2.24. The molecule has 1 atom stereocenters. The van der Waals surface area contributed by atoms with Gasteiger partial charge in [0.2, 0.25) is 0 Å². The number of nitrogens with one attached hydrogen (secondary N) is 1. The molecule has 1 saturated heterocycles. The molecule has 0 aromatic heterocycles. The van der Waals surface area contributed by atoms with Crippen molar-refractivity contribution in [3.8, 4) is 17.2 Å². The third-order valence-electron chi connectivity index (χ3n) is 4.26. The van der Waals surface area contributed by atoms with Gasteiger partial charge in [0.1, 0.15) is 30.0 Å². The summed E-state index contributed by atoms with van der Waals surface area (Å²) in [6, 6.07) is 10.9. The van der Waals surface area contributed by atoms with Crippen LogP contribution in [0.3, 0.4) is 0 Å². The molecule has 0 saturated carbocycles. The van der Waals surface area contributed by atoms with Gasteiger partial charge in [-0.25, -0.2) is 0 Å². The molecule has 0 radical (unpaired) electrons. The summed E-state index contributed by atoms with van der Waals surface area (Å²) in [5.74, 6) is 0.0109. The third kappa shape index (κ3) is 7.63. The molecule has 2 aromatic carbocycles. The molecule has 0 spiro atoms. The molecule has 1 unspecified atom stereocenters. The molecule has 31 heavy (non-hydrogen) atoms. The SMILES string of the molecule is O=Cc1ccc(OCC(=O)Nc2ccc(OCCCC(=O)OCC3CO3)cc2)cc1O. The van der Waals surface area contributed by atoms with Gasteiger partial charge in [0, 0.05) is 18.2 Å². The zero-order valence-electron chi connectivity index (χ0n) is 16.7. The maximum atomic E-state index is 12.0. The van der Waals surface area contributed by atoms with Crippen LogP contribution in [0.1, 0.15) is 23.2 Å². The first-order valence-corrected chi connectivity index (χ1v) is 9.74. The molecule has 3 rings (SSSR count). The van der Waals surface area contributed by atoms with Crippen molar-refractivity contribution < 1.29 is 38.4 Å². The number of rotatable bonds is 12. The van der Waals surface area contributed by atoms with Crippen LogP contribution in [-0.2, 0) is 19.1 Å². The van der Waals surface area contributed by atoms with E-state index in [1.807, 2.05) is 0 Å². The van der Waals surface area contributed by atoms with E-state index in [0.29, 0.717) is 44.0 Å². The van der Waals surface area contributed by atoms with Crippen LogP contribution in [0.2, 0.25) is 0 Å². The number of anilines is 1. The van der Waals surface area contributed by atoms with E-state index < -0.39 is 0 Å². The number of benzene rings is 2. The van der Waals surface area contributed by atoms with Gasteiger partial charge in [-0.1, -0.05) is 0 Å². The first kappa shape index (κ1) is 22.1. The maximum absolute atomic E-state index is 12.0. The Hall–Kier alpha value is -3.59. The largest absolute Gasteiger partial charge is 0.507 e. The Kier molecular flexibility index (Phi) is 7.83. The number of epoxide rings is 1. The van der Waals surface area contributed by atoms with Crippen molar-refractivity contribution in [2.45, 2.75) is 18.9 Å². The maximum Gasteiger partial charge on any atom is 0.306 e. The van der Waals surface area contributed by atoms with Crippen LogP contribution in [0, 0.1) is 0 Å².